The second-order valence-corrected chi connectivity index (χ2v) is 4.96. The molecule has 0 aromatic heterocycles. The number of nitrogens with one attached hydrogen (secondary N) is 1. The molecular weight excluding hydrogens is 276 g/mol. The quantitative estimate of drug-likeness (QED) is 0.663. The highest BCUT2D eigenvalue weighted by Gasteiger charge is 2.11. The molecule has 0 unspecified atom stereocenters. The zero-order valence-electron chi connectivity index (χ0n) is 11.1. The fourth-order valence-electron chi connectivity index (χ4n) is 2.02. The van der Waals surface area contributed by atoms with Gasteiger partial charge in [0, 0.05) is 28.9 Å². The van der Waals surface area contributed by atoms with Crippen molar-refractivity contribution in [2.45, 2.75) is 13.3 Å². The number of halogens is 1. The maximum absolute atomic E-state index is 10.9. The van der Waals surface area contributed by atoms with E-state index in [9.17, 15) is 10.1 Å². The summed E-state index contributed by atoms with van der Waals surface area (Å²) < 4.78 is 0. The second-order valence-electron chi connectivity index (χ2n) is 4.52. The third-order valence-corrected chi connectivity index (χ3v) is 3.33. The summed E-state index contributed by atoms with van der Waals surface area (Å²) in [5.74, 6) is 0. The van der Waals surface area contributed by atoms with E-state index in [1.54, 1.807) is 12.1 Å². The Labute approximate surface area is 122 Å². The Balaban J connectivity index is 2.03. The van der Waals surface area contributed by atoms with Gasteiger partial charge in [-0.2, -0.15) is 0 Å². The average molecular weight is 291 g/mol. The van der Waals surface area contributed by atoms with Crippen LogP contribution in [0.1, 0.15) is 11.1 Å². The van der Waals surface area contributed by atoms with Crippen molar-refractivity contribution in [1.29, 1.82) is 0 Å². The third-order valence-electron chi connectivity index (χ3n) is 3.10. The molecule has 2 rings (SSSR count). The lowest BCUT2D eigenvalue weighted by Crippen LogP contribution is -2.07. The minimum Gasteiger partial charge on any atom is -0.384 e. The van der Waals surface area contributed by atoms with Crippen LogP contribution in [0.3, 0.4) is 0 Å². The van der Waals surface area contributed by atoms with E-state index in [4.69, 9.17) is 11.6 Å². The molecule has 20 heavy (non-hydrogen) atoms. The summed E-state index contributed by atoms with van der Waals surface area (Å²) in [6.45, 7) is 2.61. The van der Waals surface area contributed by atoms with Crippen LogP contribution in [0.15, 0.2) is 42.5 Å². The number of nitrogens with zero attached hydrogens (tertiary/aromatic N) is 1. The van der Waals surface area contributed by atoms with Crippen LogP contribution >= 0.6 is 11.6 Å². The summed E-state index contributed by atoms with van der Waals surface area (Å²) >= 11 is 5.95. The number of nitro groups is 1. The molecule has 0 heterocycles. The molecule has 104 valence electrons. The first kappa shape index (κ1) is 14.3. The lowest BCUT2D eigenvalue weighted by atomic mass is 10.1. The Morgan fingerprint density at radius 1 is 1.25 bits per heavy atom. The van der Waals surface area contributed by atoms with E-state index in [0.29, 0.717) is 18.0 Å². The van der Waals surface area contributed by atoms with Crippen LogP contribution < -0.4 is 5.32 Å². The van der Waals surface area contributed by atoms with Crippen LogP contribution in [0.2, 0.25) is 5.02 Å². The van der Waals surface area contributed by atoms with Gasteiger partial charge in [-0.05, 0) is 31.0 Å². The van der Waals surface area contributed by atoms with Gasteiger partial charge in [-0.15, -0.1) is 0 Å². The molecule has 0 aliphatic heterocycles. The summed E-state index contributed by atoms with van der Waals surface area (Å²) in [6, 6.07) is 12.4. The van der Waals surface area contributed by atoms with Gasteiger partial charge in [0.2, 0.25) is 0 Å². The maximum Gasteiger partial charge on any atom is 0.272 e. The third kappa shape index (κ3) is 3.48. The van der Waals surface area contributed by atoms with Crippen LogP contribution in [0.5, 0.6) is 0 Å². The summed E-state index contributed by atoms with van der Waals surface area (Å²) in [6.07, 6.45) is 0.586. The van der Waals surface area contributed by atoms with Crippen molar-refractivity contribution in [2.75, 3.05) is 11.9 Å². The van der Waals surface area contributed by atoms with Crippen molar-refractivity contribution in [3.8, 4) is 0 Å². The molecule has 0 amide bonds. The number of hydrogen-bond donors (Lipinski definition) is 1. The van der Waals surface area contributed by atoms with E-state index < -0.39 is 0 Å². The van der Waals surface area contributed by atoms with E-state index >= 15 is 0 Å². The molecule has 0 saturated carbocycles. The lowest BCUT2D eigenvalue weighted by Gasteiger charge is -2.10. The molecule has 0 aliphatic carbocycles. The summed E-state index contributed by atoms with van der Waals surface area (Å²) in [4.78, 5) is 10.6. The average Bonchev–Trinajstić information content (AvgIpc) is 2.43. The maximum atomic E-state index is 10.9. The van der Waals surface area contributed by atoms with Crippen LogP contribution in [0, 0.1) is 17.0 Å². The lowest BCUT2D eigenvalue weighted by molar-refractivity contribution is -0.385. The number of anilines is 1. The predicted octanol–water partition coefficient (Wildman–Crippen LogP) is 4.21. The van der Waals surface area contributed by atoms with Gasteiger partial charge in [0.05, 0.1) is 4.92 Å². The molecule has 2 aromatic carbocycles. The Kier molecular flexibility index (Phi) is 4.58. The van der Waals surface area contributed by atoms with Crippen LogP contribution in [-0.4, -0.2) is 11.5 Å². The second kappa shape index (κ2) is 6.39. The molecule has 0 atom stereocenters. The van der Waals surface area contributed by atoms with Gasteiger partial charge in [0.1, 0.15) is 0 Å². The standard InChI is InChI=1S/C15H15ClN2O2/c1-11-6-7-13(16)10-14(11)17-9-8-12-4-2-3-5-15(12)18(19)20/h2-7,10,17H,8-9H2,1H3. The Morgan fingerprint density at radius 2 is 2.00 bits per heavy atom. The molecule has 2 aromatic rings. The Hall–Kier alpha value is -2.07. The molecule has 0 aliphatic rings. The monoisotopic (exact) mass is 290 g/mol. The molecule has 4 nitrogen and oxygen atoms in total. The number of rotatable bonds is 5. The highest BCUT2D eigenvalue weighted by atomic mass is 35.5. The molecule has 0 fully saturated rings. The summed E-state index contributed by atoms with van der Waals surface area (Å²) in [7, 11) is 0. The van der Waals surface area contributed by atoms with Gasteiger partial charge in [-0.3, -0.25) is 10.1 Å². The molecule has 0 saturated heterocycles. The van der Waals surface area contributed by atoms with Gasteiger partial charge in [-0.25, -0.2) is 0 Å². The highest BCUT2D eigenvalue weighted by molar-refractivity contribution is 6.30. The first-order valence-corrected chi connectivity index (χ1v) is 6.68. The van der Waals surface area contributed by atoms with Crippen molar-refractivity contribution in [3.63, 3.8) is 0 Å². The fourth-order valence-corrected chi connectivity index (χ4v) is 2.19. The van der Waals surface area contributed by atoms with E-state index in [1.165, 1.54) is 6.07 Å². The van der Waals surface area contributed by atoms with Crippen molar-refractivity contribution in [2.24, 2.45) is 0 Å². The fraction of sp³-hybridized carbons (Fsp3) is 0.200. The van der Waals surface area contributed by atoms with E-state index in [2.05, 4.69) is 5.32 Å². The SMILES string of the molecule is Cc1ccc(Cl)cc1NCCc1ccccc1[N+](=O)[O-]. The van der Waals surface area contributed by atoms with Gasteiger partial charge in [-0.1, -0.05) is 35.9 Å². The van der Waals surface area contributed by atoms with Gasteiger partial charge in [0.15, 0.2) is 0 Å². The van der Waals surface area contributed by atoms with Crippen molar-refractivity contribution in [3.05, 3.63) is 68.7 Å². The number of hydrogen-bond acceptors (Lipinski definition) is 3. The topological polar surface area (TPSA) is 55.2 Å². The molecule has 0 bridgehead atoms. The van der Waals surface area contributed by atoms with Gasteiger partial charge < -0.3 is 5.32 Å². The molecule has 1 N–H and O–H groups in total. The van der Waals surface area contributed by atoms with Gasteiger partial charge in [0.25, 0.3) is 5.69 Å². The minimum absolute atomic E-state index is 0.164. The van der Waals surface area contributed by atoms with Crippen LogP contribution in [0.25, 0.3) is 0 Å². The Morgan fingerprint density at radius 3 is 2.75 bits per heavy atom. The molecule has 0 spiro atoms. The predicted molar refractivity (Wildman–Crippen MR) is 81.5 cm³/mol. The van der Waals surface area contributed by atoms with Crippen molar-refractivity contribution < 1.29 is 4.92 Å². The Bertz CT molecular complexity index is 629. The van der Waals surface area contributed by atoms with Crippen LogP contribution in [0.4, 0.5) is 11.4 Å². The van der Waals surface area contributed by atoms with E-state index in [1.807, 2.05) is 31.2 Å². The first-order chi connectivity index (χ1) is 9.58. The summed E-state index contributed by atoms with van der Waals surface area (Å²) in [5, 5.41) is 14.9. The van der Waals surface area contributed by atoms with Gasteiger partial charge >= 0.3 is 0 Å². The van der Waals surface area contributed by atoms with Crippen molar-refractivity contribution in [1.82, 2.24) is 0 Å². The zero-order valence-corrected chi connectivity index (χ0v) is 11.9. The van der Waals surface area contributed by atoms with E-state index in [0.717, 1.165) is 16.8 Å². The zero-order chi connectivity index (χ0) is 14.5. The van der Waals surface area contributed by atoms with Crippen molar-refractivity contribution >= 4 is 23.0 Å². The highest BCUT2D eigenvalue weighted by Crippen LogP contribution is 2.21. The summed E-state index contributed by atoms with van der Waals surface area (Å²) in [5.41, 5.74) is 2.94. The smallest absolute Gasteiger partial charge is 0.272 e. The normalized spacial score (nSPS) is 10.3. The number of nitro benzene ring substituents is 1. The molecular formula is C15H15ClN2O2. The minimum atomic E-state index is -0.347. The number of benzene rings is 2. The number of aryl methyl sites for hydroxylation is 1. The van der Waals surface area contributed by atoms with Crippen LogP contribution in [-0.2, 0) is 6.42 Å². The largest absolute Gasteiger partial charge is 0.384 e. The molecule has 5 heteroatoms. The number of para-hydroxylation sites is 1. The molecule has 0 radical (unpaired) electrons. The first-order valence-electron chi connectivity index (χ1n) is 6.30. The van der Waals surface area contributed by atoms with E-state index in [-0.39, 0.29) is 10.6 Å².